The minimum atomic E-state index is -0.0596. The summed E-state index contributed by atoms with van der Waals surface area (Å²) in [7, 11) is 0. The van der Waals surface area contributed by atoms with Crippen molar-refractivity contribution in [3.8, 4) is 0 Å². The van der Waals surface area contributed by atoms with Crippen LogP contribution in [-0.2, 0) is 0 Å². The topological polar surface area (TPSA) is 0 Å². The van der Waals surface area contributed by atoms with Gasteiger partial charge in [-0.3, -0.25) is 0 Å². The van der Waals surface area contributed by atoms with Gasteiger partial charge >= 0.3 is 0 Å². The monoisotopic (exact) mass is 140 g/mol. The average Bonchev–Trinajstić information content (AvgIpc) is 1.85. The highest BCUT2D eigenvalue weighted by atomic mass is 19.1. The highest BCUT2D eigenvalue weighted by Gasteiger charge is 2.08. The molecule has 56 valence electrons. The van der Waals surface area contributed by atoms with E-state index >= 15 is 0 Å². The Labute approximate surface area is 61.4 Å². The van der Waals surface area contributed by atoms with E-state index in [9.17, 15) is 4.39 Å². The van der Waals surface area contributed by atoms with Crippen LogP contribution in [0.2, 0.25) is 0 Å². The molecule has 1 aliphatic rings. The lowest BCUT2D eigenvalue weighted by atomic mass is 9.94. The molecule has 0 aromatic rings. The Hall–Kier alpha value is -0.590. The van der Waals surface area contributed by atoms with E-state index < -0.39 is 0 Å². The van der Waals surface area contributed by atoms with Crippen molar-refractivity contribution in [2.45, 2.75) is 26.7 Å². The van der Waals surface area contributed by atoms with Gasteiger partial charge in [0, 0.05) is 0 Å². The quantitative estimate of drug-likeness (QED) is 0.524. The van der Waals surface area contributed by atoms with Gasteiger partial charge in [0.25, 0.3) is 0 Å². The first-order valence-electron chi connectivity index (χ1n) is 3.79. The predicted octanol–water partition coefficient (Wildman–Crippen LogP) is 3.22. The molecule has 0 nitrogen and oxygen atoms in total. The predicted molar refractivity (Wildman–Crippen MR) is 41.3 cm³/mol. The largest absolute Gasteiger partial charge is 0.207 e. The van der Waals surface area contributed by atoms with Crippen molar-refractivity contribution >= 4 is 0 Å². The maximum Gasteiger partial charge on any atom is 0.119 e. The second-order valence-corrected chi connectivity index (χ2v) is 2.89. The molecule has 0 saturated carbocycles. The fourth-order valence-corrected chi connectivity index (χ4v) is 1.29. The van der Waals surface area contributed by atoms with Crippen molar-refractivity contribution in [1.29, 1.82) is 0 Å². The molecule has 0 bridgehead atoms. The third-order valence-corrected chi connectivity index (χ3v) is 1.82. The van der Waals surface area contributed by atoms with Crippen LogP contribution in [-0.4, -0.2) is 0 Å². The number of allylic oxidation sites excluding steroid dienone is 4. The summed E-state index contributed by atoms with van der Waals surface area (Å²) < 4.78 is 12.7. The number of hydrogen-bond donors (Lipinski definition) is 0. The molecule has 1 aliphatic carbocycles. The smallest absolute Gasteiger partial charge is 0.119 e. The van der Waals surface area contributed by atoms with Crippen molar-refractivity contribution in [3.63, 3.8) is 0 Å². The number of hydrogen-bond acceptors (Lipinski definition) is 0. The maximum absolute atomic E-state index is 12.7. The summed E-state index contributed by atoms with van der Waals surface area (Å²) in [6.07, 6.45) is 5.34. The second kappa shape index (κ2) is 3.00. The Morgan fingerprint density at radius 2 is 2.40 bits per heavy atom. The molecular weight excluding hydrogens is 127 g/mol. The average molecular weight is 140 g/mol. The van der Waals surface area contributed by atoms with Crippen LogP contribution >= 0.6 is 0 Å². The Kier molecular flexibility index (Phi) is 2.25. The van der Waals surface area contributed by atoms with Gasteiger partial charge in [0.1, 0.15) is 5.83 Å². The first-order valence-corrected chi connectivity index (χ1v) is 3.79. The van der Waals surface area contributed by atoms with Crippen LogP contribution in [0.15, 0.2) is 23.6 Å². The van der Waals surface area contributed by atoms with Crippen LogP contribution in [0.1, 0.15) is 26.7 Å². The van der Waals surface area contributed by atoms with E-state index in [0.717, 1.165) is 12.8 Å². The molecular formula is C9H13F. The van der Waals surface area contributed by atoms with Crippen molar-refractivity contribution < 1.29 is 4.39 Å². The molecule has 10 heavy (non-hydrogen) atoms. The zero-order valence-electron chi connectivity index (χ0n) is 6.52. The van der Waals surface area contributed by atoms with E-state index in [4.69, 9.17) is 0 Å². The zero-order valence-corrected chi connectivity index (χ0v) is 6.52. The van der Waals surface area contributed by atoms with Crippen LogP contribution in [0.3, 0.4) is 0 Å². The summed E-state index contributed by atoms with van der Waals surface area (Å²) in [5, 5.41) is 0. The van der Waals surface area contributed by atoms with Crippen molar-refractivity contribution in [3.05, 3.63) is 23.6 Å². The molecule has 1 unspecified atom stereocenters. The van der Waals surface area contributed by atoms with Gasteiger partial charge in [-0.1, -0.05) is 19.4 Å². The fraction of sp³-hybridized carbons (Fsp3) is 0.556. The van der Waals surface area contributed by atoms with Gasteiger partial charge in [-0.25, -0.2) is 4.39 Å². The first kappa shape index (κ1) is 7.52. The lowest BCUT2D eigenvalue weighted by molar-refractivity contribution is 0.597. The van der Waals surface area contributed by atoms with Crippen LogP contribution in [0.25, 0.3) is 0 Å². The summed E-state index contributed by atoms with van der Waals surface area (Å²) in [6.45, 7) is 4.11. The molecule has 0 aliphatic heterocycles. The standard InChI is InChI=1S/C9H13F/c1-3-8-4-7(2)5-9(10)6-8/h5-7H,3-4H2,1-2H3. The van der Waals surface area contributed by atoms with Crippen LogP contribution in [0.5, 0.6) is 0 Å². The number of rotatable bonds is 1. The summed E-state index contributed by atoms with van der Waals surface area (Å²) in [6, 6.07) is 0. The van der Waals surface area contributed by atoms with Crippen molar-refractivity contribution in [2.75, 3.05) is 0 Å². The van der Waals surface area contributed by atoms with Crippen LogP contribution in [0.4, 0.5) is 4.39 Å². The molecule has 1 atom stereocenters. The zero-order chi connectivity index (χ0) is 7.56. The molecule has 1 rings (SSSR count). The molecule has 0 spiro atoms. The molecule has 0 N–H and O–H groups in total. The van der Waals surface area contributed by atoms with Crippen molar-refractivity contribution in [1.82, 2.24) is 0 Å². The number of halogens is 1. The van der Waals surface area contributed by atoms with Crippen molar-refractivity contribution in [2.24, 2.45) is 5.92 Å². The Morgan fingerprint density at radius 3 is 2.90 bits per heavy atom. The molecule has 0 fully saturated rings. The normalized spacial score (nSPS) is 25.7. The molecule has 0 aromatic carbocycles. The summed E-state index contributed by atoms with van der Waals surface area (Å²) in [4.78, 5) is 0. The van der Waals surface area contributed by atoms with E-state index in [1.165, 1.54) is 5.57 Å². The Balaban J connectivity index is 2.70. The molecule has 0 aromatic heterocycles. The van der Waals surface area contributed by atoms with Gasteiger partial charge < -0.3 is 0 Å². The second-order valence-electron chi connectivity index (χ2n) is 2.89. The summed E-state index contributed by atoms with van der Waals surface area (Å²) in [5.41, 5.74) is 1.23. The van der Waals surface area contributed by atoms with E-state index in [1.54, 1.807) is 12.2 Å². The summed E-state index contributed by atoms with van der Waals surface area (Å²) in [5.74, 6) is 0.329. The van der Waals surface area contributed by atoms with E-state index in [-0.39, 0.29) is 5.83 Å². The molecule has 0 amide bonds. The van der Waals surface area contributed by atoms with Gasteiger partial charge in [-0.05, 0) is 30.9 Å². The van der Waals surface area contributed by atoms with Gasteiger partial charge in [-0.15, -0.1) is 0 Å². The highest BCUT2D eigenvalue weighted by molar-refractivity contribution is 5.23. The lowest BCUT2D eigenvalue weighted by Crippen LogP contribution is -1.98. The molecule has 0 saturated heterocycles. The third-order valence-electron chi connectivity index (χ3n) is 1.82. The van der Waals surface area contributed by atoms with Gasteiger partial charge in [0.15, 0.2) is 0 Å². The SMILES string of the molecule is CCC1=CC(F)=CC(C)C1. The Morgan fingerprint density at radius 1 is 1.70 bits per heavy atom. The Bertz CT molecular complexity index is 177. The third kappa shape index (κ3) is 1.69. The summed E-state index contributed by atoms with van der Waals surface area (Å²) >= 11 is 0. The molecule has 0 heterocycles. The van der Waals surface area contributed by atoms with Gasteiger partial charge in [-0.2, -0.15) is 0 Å². The van der Waals surface area contributed by atoms with Gasteiger partial charge in [0.2, 0.25) is 0 Å². The minimum absolute atomic E-state index is 0.0596. The lowest BCUT2D eigenvalue weighted by Gasteiger charge is -2.13. The molecule has 0 radical (unpaired) electrons. The van der Waals surface area contributed by atoms with Crippen LogP contribution < -0.4 is 0 Å². The first-order chi connectivity index (χ1) is 4.72. The fourth-order valence-electron chi connectivity index (χ4n) is 1.29. The van der Waals surface area contributed by atoms with Gasteiger partial charge in [0.05, 0.1) is 0 Å². The molecule has 1 heteroatoms. The van der Waals surface area contributed by atoms with E-state index in [1.807, 2.05) is 6.92 Å². The van der Waals surface area contributed by atoms with E-state index in [0.29, 0.717) is 5.92 Å². The van der Waals surface area contributed by atoms with E-state index in [2.05, 4.69) is 6.92 Å². The highest BCUT2D eigenvalue weighted by Crippen LogP contribution is 2.24. The maximum atomic E-state index is 12.7. The minimum Gasteiger partial charge on any atom is -0.207 e. The van der Waals surface area contributed by atoms with Crippen LogP contribution in [0, 0.1) is 5.92 Å².